The summed E-state index contributed by atoms with van der Waals surface area (Å²) in [4.78, 5) is 11.4. The second-order valence-corrected chi connectivity index (χ2v) is 4.21. The lowest BCUT2D eigenvalue weighted by atomic mass is 9.98. The van der Waals surface area contributed by atoms with Crippen molar-refractivity contribution >= 4 is 34.5 Å². The van der Waals surface area contributed by atoms with Gasteiger partial charge in [0.25, 0.3) is 0 Å². The fourth-order valence-corrected chi connectivity index (χ4v) is 2.35. The highest BCUT2D eigenvalue weighted by atomic mass is 127. The van der Waals surface area contributed by atoms with Crippen molar-refractivity contribution in [3.63, 3.8) is 0 Å². The highest BCUT2D eigenvalue weighted by Gasteiger charge is 2.22. The number of benzene rings is 1. The Morgan fingerprint density at radius 1 is 1.38 bits per heavy atom. The molecule has 0 fully saturated rings. The first-order valence-corrected chi connectivity index (χ1v) is 5.24. The summed E-state index contributed by atoms with van der Waals surface area (Å²) in [5.74, 6) is 0.207. The number of carbonyl (C=O) groups excluding carboxylic acids is 1. The number of nitrogens with zero attached hydrogens (tertiary/aromatic N) is 1. The van der Waals surface area contributed by atoms with Gasteiger partial charge in [0, 0.05) is 6.42 Å². The zero-order valence-electron chi connectivity index (χ0n) is 7.38. The average molecular weight is 287 g/mol. The molecule has 0 atom stereocenters. The van der Waals surface area contributed by atoms with Gasteiger partial charge >= 0.3 is 0 Å². The van der Waals surface area contributed by atoms with Gasteiger partial charge in [-0.15, -0.1) is 0 Å². The smallest absolute Gasteiger partial charge is 0.236 e. The molecule has 0 radical (unpaired) electrons. The quantitative estimate of drug-likeness (QED) is 0.530. The first-order valence-electron chi connectivity index (χ1n) is 4.27. The number of hydrogen-bond donors (Lipinski definition) is 0. The Hall–Kier alpha value is -0.580. The van der Waals surface area contributed by atoms with Crippen molar-refractivity contribution in [2.75, 3.05) is 3.11 Å². The monoisotopic (exact) mass is 287 g/mol. The number of carbonyl (C=O) groups is 1. The van der Waals surface area contributed by atoms with E-state index in [1.807, 2.05) is 12.1 Å². The fourth-order valence-electron chi connectivity index (χ4n) is 1.66. The number of halogens is 1. The summed E-state index contributed by atoms with van der Waals surface area (Å²) in [6.45, 7) is 2.10. The van der Waals surface area contributed by atoms with E-state index in [4.69, 9.17) is 0 Å². The summed E-state index contributed by atoms with van der Waals surface area (Å²) in [5, 5.41) is 0. The van der Waals surface area contributed by atoms with E-state index in [0.717, 1.165) is 12.1 Å². The number of rotatable bonds is 0. The van der Waals surface area contributed by atoms with E-state index in [2.05, 4.69) is 35.9 Å². The van der Waals surface area contributed by atoms with Gasteiger partial charge in [0.2, 0.25) is 5.91 Å². The summed E-state index contributed by atoms with van der Waals surface area (Å²) in [5.41, 5.74) is 3.67. The molecule has 1 aliphatic rings. The predicted molar refractivity (Wildman–Crippen MR) is 61.0 cm³/mol. The van der Waals surface area contributed by atoms with Crippen LogP contribution in [0.2, 0.25) is 0 Å². The van der Waals surface area contributed by atoms with E-state index in [9.17, 15) is 4.79 Å². The van der Waals surface area contributed by atoms with E-state index in [-0.39, 0.29) is 5.91 Å². The third-order valence-corrected chi connectivity index (χ3v) is 3.46. The summed E-state index contributed by atoms with van der Waals surface area (Å²) in [6, 6.07) is 6.10. The van der Waals surface area contributed by atoms with Crippen molar-refractivity contribution in [3.8, 4) is 0 Å². The molecule has 2 rings (SSSR count). The van der Waals surface area contributed by atoms with Crippen LogP contribution >= 0.6 is 22.9 Å². The minimum Gasteiger partial charge on any atom is -0.274 e. The Labute approximate surface area is 91.4 Å². The van der Waals surface area contributed by atoms with Gasteiger partial charge in [-0.2, -0.15) is 0 Å². The molecule has 0 aliphatic carbocycles. The van der Waals surface area contributed by atoms with E-state index >= 15 is 0 Å². The van der Waals surface area contributed by atoms with Crippen LogP contribution in [0.3, 0.4) is 0 Å². The fraction of sp³-hybridized carbons (Fsp3) is 0.300. The lowest BCUT2D eigenvalue weighted by Gasteiger charge is -2.24. The SMILES string of the molecule is Cc1cccc2c1CCC(=O)N2I. The number of anilines is 1. The van der Waals surface area contributed by atoms with Gasteiger partial charge in [-0.3, -0.25) is 7.91 Å². The molecule has 1 aromatic carbocycles. The Kier molecular flexibility index (Phi) is 2.27. The van der Waals surface area contributed by atoms with Gasteiger partial charge in [-0.1, -0.05) is 12.1 Å². The Balaban J connectivity index is 2.55. The lowest BCUT2D eigenvalue weighted by molar-refractivity contribution is -0.117. The van der Waals surface area contributed by atoms with Crippen LogP contribution < -0.4 is 3.11 Å². The molecule has 3 heteroatoms. The third-order valence-electron chi connectivity index (χ3n) is 2.40. The van der Waals surface area contributed by atoms with Crippen LogP contribution in [0.25, 0.3) is 0 Å². The molecular formula is C10H10INO. The van der Waals surface area contributed by atoms with Gasteiger partial charge in [-0.05, 0) is 30.5 Å². The normalized spacial score (nSPS) is 15.8. The molecule has 0 spiro atoms. The second-order valence-electron chi connectivity index (χ2n) is 3.25. The highest BCUT2D eigenvalue weighted by molar-refractivity contribution is 14.1. The molecule has 68 valence electrons. The molecule has 2 nitrogen and oxygen atoms in total. The Morgan fingerprint density at radius 3 is 2.92 bits per heavy atom. The second kappa shape index (κ2) is 3.29. The first-order chi connectivity index (χ1) is 6.20. The van der Waals surface area contributed by atoms with Crippen LogP contribution in [0.15, 0.2) is 18.2 Å². The van der Waals surface area contributed by atoms with Gasteiger partial charge in [0.1, 0.15) is 0 Å². The van der Waals surface area contributed by atoms with Gasteiger partial charge in [-0.25, -0.2) is 0 Å². The number of amides is 1. The predicted octanol–water partition coefficient (Wildman–Crippen LogP) is 2.62. The van der Waals surface area contributed by atoms with Crippen LogP contribution in [0, 0.1) is 6.92 Å². The van der Waals surface area contributed by atoms with Crippen molar-refractivity contribution in [1.82, 2.24) is 0 Å². The van der Waals surface area contributed by atoms with E-state index < -0.39 is 0 Å². The molecule has 1 amide bonds. The maximum atomic E-state index is 11.4. The van der Waals surface area contributed by atoms with E-state index in [1.165, 1.54) is 11.1 Å². The van der Waals surface area contributed by atoms with Crippen LogP contribution in [0.5, 0.6) is 0 Å². The van der Waals surface area contributed by atoms with Crippen molar-refractivity contribution in [1.29, 1.82) is 0 Å². The highest BCUT2D eigenvalue weighted by Crippen LogP contribution is 2.32. The third kappa shape index (κ3) is 1.45. The zero-order valence-corrected chi connectivity index (χ0v) is 9.54. The van der Waals surface area contributed by atoms with Crippen LogP contribution in [-0.4, -0.2) is 5.91 Å². The van der Waals surface area contributed by atoms with E-state index in [0.29, 0.717) is 6.42 Å². The zero-order chi connectivity index (χ0) is 9.42. The molecule has 1 aromatic rings. The standard InChI is InChI=1S/C10H10INO/c1-7-3-2-4-9-8(7)5-6-10(13)12(9)11/h2-4H,5-6H2,1H3. The van der Waals surface area contributed by atoms with Gasteiger partial charge in [0.15, 0.2) is 0 Å². The first kappa shape index (κ1) is 8.99. The molecule has 0 N–H and O–H groups in total. The van der Waals surface area contributed by atoms with Crippen LogP contribution in [0.1, 0.15) is 17.5 Å². The minimum absolute atomic E-state index is 0.207. The van der Waals surface area contributed by atoms with Gasteiger partial charge < -0.3 is 0 Å². The van der Waals surface area contributed by atoms with Crippen molar-refractivity contribution in [2.24, 2.45) is 0 Å². The molecule has 0 unspecified atom stereocenters. The number of hydrogen-bond acceptors (Lipinski definition) is 1. The topological polar surface area (TPSA) is 20.3 Å². The molecule has 1 aliphatic heterocycles. The molecular weight excluding hydrogens is 277 g/mol. The van der Waals surface area contributed by atoms with Crippen LogP contribution in [0.4, 0.5) is 5.69 Å². The molecule has 0 saturated carbocycles. The summed E-state index contributed by atoms with van der Waals surface area (Å²) < 4.78 is 1.73. The lowest BCUT2D eigenvalue weighted by Crippen LogP contribution is -2.26. The molecule has 0 bridgehead atoms. The molecule has 13 heavy (non-hydrogen) atoms. The van der Waals surface area contributed by atoms with Crippen molar-refractivity contribution in [2.45, 2.75) is 19.8 Å². The van der Waals surface area contributed by atoms with E-state index in [1.54, 1.807) is 3.11 Å². The molecule has 0 aromatic heterocycles. The maximum Gasteiger partial charge on any atom is 0.236 e. The largest absolute Gasteiger partial charge is 0.274 e. The summed E-state index contributed by atoms with van der Waals surface area (Å²) in [6.07, 6.45) is 1.53. The van der Waals surface area contributed by atoms with Gasteiger partial charge in [0.05, 0.1) is 28.6 Å². The Bertz CT molecular complexity index is 362. The summed E-state index contributed by atoms with van der Waals surface area (Å²) >= 11 is 2.07. The summed E-state index contributed by atoms with van der Waals surface area (Å²) in [7, 11) is 0. The van der Waals surface area contributed by atoms with Crippen molar-refractivity contribution in [3.05, 3.63) is 29.3 Å². The average Bonchev–Trinajstić information content (AvgIpc) is 2.12. The number of aryl methyl sites for hydroxylation is 1. The minimum atomic E-state index is 0.207. The molecule has 0 saturated heterocycles. The number of fused-ring (bicyclic) bond motifs is 1. The molecule has 1 heterocycles. The Morgan fingerprint density at radius 2 is 2.15 bits per heavy atom. The van der Waals surface area contributed by atoms with Crippen molar-refractivity contribution < 1.29 is 4.79 Å². The maximum absolute atomic E-state index is 11.4. The van der Waals surface area contributed by atoms with Crippen LogP contribution in [-0.2, 0) is 11.2 Å².